The maximum atomic E-state index is 5.33. The largest absolute Gasteiger partial charge is 0.385 e. The molecule has 0 aromatic heterocycles. The van der Waals surface area contributed by atoms with Crippen LogP contribution < -0.4 is 11.3 Å². The average Bonchev–Trinajstić information content (AvgIpc) is 2.11. The molecule has 0 saturated heterocycles. The lowest BCUT2D eigenvalue weighted by Gasteiger charge is -2.14. The maximum Gasteiger partial charge on any atom is 0.0633 e. The second-order valence-electron chi connectivity index (χ2n) is 2.72. The molecule has 0 spiro atoms. The second-order valence-corrected chi connectivity index (χ2v) is 2.72. The molecule has 12 heavy (non-hydrogen) atoms. The van der Waals surface area contributed by atoms with Crippen LogP contribution in [-0.4, -0.2) is 33.0 Å². The van der Waals surface area contributed by atoms with Crippen molar-refractivity contribution < 1.29 is 9.47 Å². The molecule has 0 heterocycles. The van der Waals surface area contributed by atoms with Crippen molar-refractivity contribution >= 4 is 0 Å². The molecule has 74 valence electrons. The van der Waals surface area contributed by atoms with Crippen molar-refractivity contribution in [3.8, 4) is 0 Å². The fraction of sp³-hybridized carbons (Fsp3) is 1.00. The van der Waals surface area contributed by atoms with Gasteiger partial charge in [0, 0.05) is 26.4 Å². The Morgan fingerprint density at radius 1 is 1.42 bits per heavy atom. The fourth-order valence-electron chi connectivity index (χ4n) is 0.845. The van der Waals surface area contributed by atoms with Gasteiger partial charge in [0.05, 0.1) is 6.61 Å². The lowest BCUT2D eigenvalue weighted by atomic mass is 10.2. The predicted molar refractivity (Wildman–Crippen MR) is 48.7 cm³/mol. The Kier molecular flexibility index (Phi) is 8.81. The Morgan fingerprint density at radius 2 is 2.17 bits per heavy atom. The first-order chi connectivity index (χ1) is 5.85. The zero-order valence-electron chi connectivity index (χ0n) is 8.01. The highest BCUT2D eigenvalue weighted by molar-refractivity contribution is 4.61. The summed E-state index contributed by atoms with van der Waals surface area (Å²) in [5.74, 6) is 5.31. The van der Waals surface area contributed by atoms with Crippen molar-refractivity contribution in [2.75, 3.05) is 26.9 Å². The van der Waals surface area contributed by atoms with Gasteiger partial charge in [-0.2, -0.15) is 0 Å². The molecule has 3 N–H and O–H groups in total. The summed E-state index contributed by atoms with van der Waals surface area (Å²) in [5, 5.41) is 0. The van der Waals surface area contributed by atoms with Gasteiger partial charge in [0.15, 0.2) is 0 Å². The highest BCUT2D eigenvalue weighted by Gasteiger charge is 2.04. The summed E-state index contributed by atoms with van der Waals surface area (Å²) in [5.41, 5.74) is 2.69. The lowest BCUT2D eigenvalue weighted by Crippen LogP contribution is -2.39. The van der Waals surface area contributed by atoms with Gasteiger partial charge in [0.1, 0.15) is 0 Å². The van der Waals surface area contributed by atoms with E-state index in [0.29, 0.717) is 13.2 Å². The third-order valence-corrected chi connectivity index (χ3v) is 1.57. The summed E-state index contributed by atoms with van der Waals surface area (Å²) >= 11 is 0. The van der Waals surface area contributed by atoms with E-state index in [9.17, 15) is 0 Å². The summed E-state index contributed by atoms with van der Waals surface area (Å²) in [6, 6.07) is 0.205. The van der Waals surface area contributed by atoms with Gasteiger partial charge in [-0.25, -0.2) is 0 Å². The Hall–Kier alpha value is -0.160. The SMILES string of the molecule is CCCOCC(CCOC)NN. The van der Waals surface area contributed by atoms with E-state index in [-0.39, 0.29) is 6.04 Å². The number of hydrazine groups is 1. The normalized spacial score (nSPS) is 13.2. The van der Waals surface area contributed by atoms with Gasteiger partial charge >= 0.3 is 0 Å². The van der Waals surface area contributed by atoms with Gasteiger partial charge in [-0.05, 0) is 12.8 Å². The van der Waals surface area contributed by atoms with Crippen LogP contribution in [0.4, 0.5) is 0 Å². The fourth-order valence-corrected chi connectivity index (χ4v) is 0.845. The van der Waals surface area contributed by atoms with Crippen molar-refractivity contribution in [3.63, 3.8) is 0 Å². The van der Waals surface area contributed by atoms with Crippen LogP contribution in [0.15, 0.2) is 0 Å². The second kappa shape index (κ2) is 8.93. The van der Waals surface area contributed by atoms with Crippen LogP contribution in [0.25, 0.3) is 0 Å². The highest BCUT2D eigenvalue weighted by atomic mass is 16.5. The minimum atomic E-state index is 0.205. The molecule has 1 unspecified atom stereocenters. The van der Waals surface area contributed by atoms with Crippen LogP contribution in [0.2, 0.25) is 0 Å². The number of rotatable bonds is 8. The summed E-state index contributed by atoms with van der Waals surface area (Å²) in [4.78, 5) is 0. The van der Waals surface area contributed by atoms with Gasteiger partial charge in [-0.3, -0.25) is 11.3 Å². The molecule has 1 atom stereocenters. The van der Waals surface area contributed by atoms with Crippen molar-refractivity contribution in [2.24, 2.45) is 5.84 Å². The number of hydrogen-bond donors (Lipinski definition) is 2. The van der Waals surface area contributed by atoms with E-state index in [4.69, 9.17) is 15.3 Å². The maximum absolute atomic E-state index is 5.33. The molecule has 4 heteroatoms. The Balaban J connectivity index is 3.26. The molecule has 0 bridgehead atoms. The molecule has 0 fully saturated rings. The number of nitrogens with one attached hydrogen (secondary N) is 1. The van der Waals surface area contributed by atoms with E-state index < -0.39 is 0 Å². The quantitative estimate of drug-likeness (QED) is 0.317. The minimum absolute atomic E-state index is 0.205. The number of methoxy groups -OCH3 is 1. The highest BCUT2D eigenvalue weighted by Crippen LogP contribution is 1.93. The molecule has 0 amide bonds. The third kappa shape index (κ3) is 6.54. The van der Waals surface area contributed by atoms with Crippen LogP contribution in [0, 0.1) is 0 Å². The molecule has 0 aromatic carbocycles. The Labute approximate surface area is 74.4 Å². The van der Waals surface area contributed by atoms with Crippen LogP contribution in [0.5, 0.6) is 0 Å². The van der Waals surface area contributed by atoms with Crippen LogP contribution in [-0.2, 0) is 9.47 Å². The minimum Gasteiger partial charge on any atom is -0.385 e. The molecular weight excluding hydrogens is 156 g/mol. The van der Waals surface area contributed by atoms with Crippen molar-refractivity contribution in [2.45, 2.75) is 25.8 Å². The average molecular weight is 176 g/mol. The molecular formula is C8H20N2O2. The van der Waals surface area contributed by atoms with E-state index >= 15 is 0 Å². The van der Waals surface area contributed by atoms with E-state index in [1.165, 1.54) is 0 Å². The monoisotopic (exact) mass is 176 g/mol. The first-order valence-electron chi connectivity index (χ1n) is 4.38. The zero-order valence-corrected chi connectivity index (χ0v) is 8.01. The first kappa shape index (κ1) is 11.8. The smallest absolute Gasteiger partial charge is 0.0633 e. The number of hydrogen-bond acceptors (Lipinski definition) is 4. The first-order valence-corrected chi connectivity index (χ1v) is 4.38. The van der Waals surface area contributed by atoms with Crippen LogP contribution >= 0.6 is 0 Å². The predicted octanol–water partition coefficient (Wildman–Crippen LogP) is 0.281. The molecule has 0 aromatic rings. The van der Waals surface area contributed by atoms with Crippen molar-refractivity contribution in [1.82, 2.24) is 5.43 Å². The van der Waals surface area contributed by atoms with E-state index in [2.05, 4.69) is 12.3 Å². The lowest BCUT2D eigenvalue weighted by molar-refractivity contribution is 0.0958. The topological polar surface area (TPSA) is 56.5 Å². The van der Waals surface area contributed by atoms with Crippen LogP contribution in [0.3, 0.4) is 0 Å². The molecule has 0 aliphatic carbocycles. The summed E-state index contributed by atoms with van der Waals surface area (Å²) in [6.07, 6.45) is 1.93. The third-order valence-electron chi connectivity index (χ3n) is 1.57. The molecule has 4 nitrogen and oxygen atoms in total. The van der Waals surface area contributed by atoms with Crippen molar-refractivity contribution in [1.29, 1.82) is 0 Å². The van der Waals surface area contributed by atoms with Gasteiger partial charge in [-0.15, -0.1) is 0 Å². The van der Waals surface area contributed by atoms with Gasteiger partial charge < -0.3 is 9.47 Å². The number of ether oxygens (including phenoxy) is 2. The molecule has 0 rings (SSSR count). The van der Waals surface area contributed by atoms with E-state index in [1.54, 1.807) is 7.11 Å². The van der Waals surface area contributed by atoms with Crippen LogP contribution in [0.1, 0.15) is 19.8 Å². The zero-order chi connectivity index (χ0) is 9.23. The van der Waals surface area contributed by atoms with E-state index in [1.807, 2.05) is 0 Å². The molecule has 0 aliphatic rings. The Bertz CT molecular complexity index is 91.1. The van der Waals surface area contributed by atoms with Crippen molar-refractivity contribution in [3.05, 3.63) is 0 Å². The summed E-state index contributed by atoms with van der Waals surface area (Å²) < 4.78 is 10.3. The number of nitrogens with two attached hydrogens (primary N) is 1. The molecule has 0 radical (unpaired) electrons. The van der Waals surface area contributed by atoms with Gasteiger partial charge in [-0.1, -0.05) is 6.92 Å². The van der Waals surface area contributed by atoms with E-state index in [0.717, 1.165) is 19.4 Å². The molecule has 0 saturated carbocycles. The van der Waals surface area contributed by atoms with Gasteiger partial charge in [0.25, 0.3) is 0 Å². The standard InChI is InChI=1S/C8H20N2O2/c1-3-5-12-7-8(10-9)4-6-11-2/h8,10H,3-7,9H2,1-2H3. The Morgan fingerprint density at radius 3 is 2.67 bits per heavy atom. The molecule has 0 aliphatic heterocycles. The summed E-state index contributed by atoms with van der Waals surface area (Å²) in [6.45, 7) is 4.25. The van der Waals surface area contributed by atoms with Gasteiger partial charge in [0.2, 0.25) is 0 Å². The summed E-state index contributed by atoms with van der Waals surface area (Å²) in [7, 11) is 1.68.